The van der Waals surface area contributed by atoms with Gasteiger partial charge in [0.25, 0.3) is 0 Å². The lowest BCUT2D eigenvalue weighted by molar-refractivity contribution is 1.10. The van der Waals surface area contributed by atoms with Gasteiger partial charge in [0.1, 0.15) is 5.82 Å². The van der Waals surface area contributed by atoms with E-state index in [0.29, 0.717) is 11.0 Å². The maximum Gasteiger partial charge on any atom is 0.348 e. The number of anilines is 1. The summed E-state index contributed by atoms with van der Waals surface area (Å²) in [6.45, 7) is 0. The van der Waals surface area contributed by atoms with Crippen molar-refractivity contribution < 1.29 is 0 Å². The fraction of sp³-hybridized carbons (Fsp3) is 0. The van der Waals surface area contributed by atoms with Crippen molar-refractivity contribution in [2.75, 3.05) is 5.73 Å². The second-order valence-electron chi connectivity index (χ2n) is 3.89. The van der Waals surface area contributed by atoms with Crippen LogP contribution in [-0.4, -0.2) is 15.0 Å². The van der Waals surface area contributed by atoms with Gasteiger partial charge >= 0.3 is 5.69 Å². The second-order valence-corrected chi connectivity index (χ2v) is 3.89. The molecule has 0 spiro atoms. The van der Waals surface area contributed by atoms with Gasteiger partial charge in [0, 0.05) is 5.56 Å². The van der Waals surface area contributed by atoms with Crippen LogP contribution >= 0.6 is 0 Å². The molecular weight excluding hydrogens is 228 g/mol. The highest BCUT2D eigenvalue weighted by atomic mass is 16.1. The molecule has 88 valence electrons. The number of nitrogens with zero attached hydrogens (tertiary/aromatic N) is 2. The number of nitrogen functional groups attached to an aromatic ring is 1. The number of aromatic nitrogens is 3. The van der Waals surface area contributed by atoms with Gasteiger partial charge in [0.05, 0.1) is 11.1 Å². The number of hydrogen-bond acceptors (Lipinski definition) is 4. The van der Waals surface area contributed by atoms with E-state index in [-0.39, 0.29) is 5.82 Å². The number of H-pyrrole nitrogens is 1. The van der Waals surface area contributed by atoms with E-state index in [1.807, 2.05) is 42.5 Å². The van der Waals surface area contributed by atoms with Gasteiger partial charge in [-0.05, 0) is 12.1 Å². The van der Waals surface area contributed by atoms with Crippen LogP contribution in [0, 0.1) is 0 Å². The summed E-state index contributed by atoms with van der Waals surface area (Å²) in [6.07, 6.45) is 0. The molecule has 1 aromatic carbocycles. The smallest absolute Gasteiger partial charge is 0.348 e. The summed E-state index contributed by atoms with van der Waals surface area (Å²) in [5, 5.41) is 0.647. The lowest BCUT2D eigenvalue weighted by Crippen LogP contribution is -2.13. The number of nitrogens with one attached hydrogen (secondary N) is 1. The SMILES string of the molecule is Nc1[nH]c(=O)nc2nc(-c3ccccc3)ccc12. The van der Waals surface area contributed by atoms with E-state index < -0.39 is 5.69 Å². The number of aromatic amines is 1. The van der Waals surface area contributed by atoms with Crippen molar-refractivity contribution in [3.8, 4) is 11.3 Å². The summed E-state index contributed by atoms with van der Waals surface area (Å²) in [6, 6.07) is 13.4. The van der Waals surface area contributed by atoms with Crippen LogP contribution < -0.4 is 11.4 Å². The Morgan fingerprint density at radius 1 is 1.00 bits per heavy atom. The zero-order valence-electron chi connectivity index (χ0n) is 9.42. The molecule has 0 aliphatic carbocycles. The molecule has 0 radical (unpaired) electrons. The highest BCUT2D eigenvalue weighted by Crippen LogP contribution is 2.20. The number of pyridine rings is 1. The molecule has 3 aromatic rings. The zero-order valence-corrected chi connectivity index (χ0v) is 9.42. The predicted molar refractivity (Wildman–Crippen MR) is 70.0 cm³/mol. The van der Waals surface area contributed by atoms with Gasteiger partial charge in [-0.1, -0.05) is 30.3 Å². The Morgan fingerprint density at radius 2 is 1.78 bits per heavy atom. The molecular formula is C13H10N4O. The minimum Gasteiger partial charge on any atom is -0.385 e. The van der Waals surface area contributed by atoms with Gasteiger partial charge in [-0.15, -0.1) is 0 Å². The van der Waals surface area contributed by atoms with E-state index in [1.165, 1.54) is 0 Å². The predicted octanol–water partition coefficient (Wildman–Crippen LogP) is 1.57. The fourth-order valence-corrected chi connectivity index (χ4v) is 1.82. The maximum absolute atomic E-state index is 11.3. The molecule has 2 heterocycles. The average molecular weight is 238 g/mol. The molecule has 0 aliphatic rings. The average Bonchev–Trinajstić information content (AvgIpc) is 2.39. The monoisotopic (exact) mass is 238 g/mol. The lowest BCUT2D eigenvalue weighted by Gasteiger charge is -2.03. The van der Waals surface area contributed by atoms with Crippen molar-refractivity contribution in [2.45, 2.75) is 0 Å². The van der Waals surface area contributed by atoms with E-state index in [0.717, 1.165) is 11.3 Å². The molecule has 3 rings (SSSR count). The topological polar surface area (TPSA) is 84.7 Å². The molecule has 0 atom stereocenters. The number of fused-ring (bicyclic) bond motifs is 1. The van der Waals surface area contributed by atoms with E-state index in [2.05, 4.69) is 15.0 Å². The quantitative estimate of drug-likeness (QED) is 0.673. The van der Waals surface area contributed by atoms with Crippen LogP contribution in [0.15, 0.2) is 47.3 Å². The third-order valence-corrected chi connectivity index (χ3v) is 2.68. The number of benzene rings is 1. The molecule has 3 N–H and O–H groups in total. The maximum atomic E-state index is 11.3. The Labute approximate surface area is 102 Å². The minimum absolute atomic E-state index is 0.289. The number of rotatable bonds is 1. The van der Waals surface area contributed by atoms with E-state index in [1.54, 1.807) is 0 Å². The van der Waals surface area contributed by atoms with Gasteiger partial charge in [0.15, 0.2) is 5.65 Å². The molecule has 5 nitrogen and oxygen atoms in total. The van der Waals surface area contributed by atoms with Crippen molar-refractivity contribution in [1.29, 1.82) is 0 Å². The molecule has 0 unspecified atom stereocenters. The van der Waals surface area contributed by atoms with E-state index >= 15 is 0 Å². The van der Waals surface area contributed by atoms with Crippen molar-refractivity contribution in [3.05, 3.63) is 52.9 Å². The summed E-state index contributed by atoms with van der Waals surface area (Å²) in [5.74, 6) is 0.289. The number of nitrogens with two attached hydrogens (primary N) is 1. The molecule has 0 saturated heterocycles. The van der Waals surface area contributed by atoms with Gasteiger partial charge in [-0.3, -0.25) is 4.98 Å². The Hall–Kier alpha value is -2.69. The Bertz CT molecular complexity index is 765. The molecule has 0 fully saturated rings. The van der Waals surface area contributed by atoms with Crippen LogP contribution in [0.1, 0.15) is 0 Å². The van der Waals surface area contributed by atoms with Crippen molar-refractivity contribution in [3.63, 3.8) is 0 Å². The summed E-state index contributed by atoms with van der Waals surface area (Å²) < 4.78 is 0. The first-order valence-electron chi connectivity index (χ1n) is 5.46. The third kappa shape index (κ3) is 1.71. The third-order valence-electron chi connectivity index (χ3n) is 2.68. The van der Waals surface area contributed by atoms with Crippen LogP contribution in [0.2, 0.25) is 0 Å². The Balaban J connectivity index is 2.26. The van der Waals surface area contributed by atoms with Crippen molar-refractivity contribution in [2.24, 2.45) is 0 Å². The molecule has 0 aliphatic heterocycles. The summed E-state index contributed by atoms with van der Waals surface area (Å²) in [4.78, 5) is 21.9. The summed E-state index contributed by atoms with van der Waals surface area (Å²) >= 11 is 0. The van der Waals surface area contributed by atoms with Crippen molar-refractivity contribution >= 4 is 16.9 Å². The fourth-order valence-electron chi connectivity index (χ4n) is 1.82. The van der Waals surface area contributed by atoms with Crippen LogP contribution in [0.25, 0.3) is 22.3 Å². The van der Waals surface area contributed by atoms with Crippen molar-refractivity contribution in [1.82, 2.24) is 15.0 Å². The number of hydrogen-bond donors (Lipinski definition) is 2. The van der Waals surface area contributed by atoms with Gasteiger partial charge < -0.3 is 5.73 Å². The van der Waals surface area contributed by atoms with Gasteiger partial charge in [-0.2, -0.15) is 4.98 Å². The molecule has 0 bridgehead atoms. The van der Waals surface area contributed by atoms with Crippen LogP contribution in [0.5, 0.6) is 0 Å². The first-order chi connectivity index (χ1) is 8.74. The van der Waals surface area contributed by atoms with Crippen LogP contribution in [-0.2, 0) is 0 Å². The summed E-state index contributed by atoms with van der Waals surface area (Å²) in [7, 11) is 0. The molecule has 18 heavy (non-hydrogen) atoms. The molecule has 0 saturated carbocycles. The van der Waals surface area contributed by atoms with Crippen LogP contribution in [0.3, 0.4) is 0 Å². The standard InChI is InChI=1S/C13H10N4O/c14-11-9-6-7-10(8-4-2-1-3-5-8)15-12(9)17-13(18)16-11/h1-7H,(H3,14,15,16,17,18). The molecule has 2 aromatic heterocycles. The highest BCUT2D eigenvalue weighted by molar-refractivity contribution is 5.86. The second kappa shape index (κ2) is 3.96. The van der Waals surface area contributed by atoms with Gasteiger partial charge in [0.2, 0.25) is 0 Å². The zero-order chi connectivity index (χ0) is 12.5. The molecule has 5 heteroatoms. The van der Waals surface area contributed by atoms with Gasteiger partial charge in [-0.25, -0.2) is 9.78 Å². The van der Waals surface area contributed by atoms with E-state index in [4.69, 9.17) is 5.73 Å². The minimum atomic E-state index is -0.488. The normalized spacial score (nSPS) is 10.7. The Kier molecular flexibility index (Phi) is 2.30. The Morgan fingerprint density at radius 3 is 2.56 bits per heavy atom. The van der Waals surface area contributed by atoms with Crippen LogP contribution in [0.4, 0.5) is 5.82 Å². The largest absolute Gasteiger partial charge is 0.385 e. The van der Waals surface area contributed by atoms with E-state index in [9.17, 15) is 4.79 Å². The summed E-state index contributed by atoms with van der Waals surface area (Å²) in [5.41, 5.74) is 7.32. The first kappa shape index (κ1) is 10.5. The highest BCUT2D eigenvalue weighted by Gasteiger charge is 2.05. The molecule has 0 amide bonds. The lowest BCUT2D eigenvalue weighted by atomic mass is 10.1. The first-order valence-corrected chi connectivity index (χ1v) is 5.46.